The first-order valence-electron chi connectivity index (χ1n) is 9.88. The van der Waals surface area contributed by atoms with Crippen molar-refractivity contribution in [3.05, 3.63) is 46.1 Å². The van der Waals surface area contributed by atoms with Crippen LogP contribution in [0.1, 0.15) is 57.5 Å². The van der Waals surface area contributed by atoms with Gasteiger partial charge in [0.2, 0.25) is 11.7 Å². The monoisotopic (exact) mass is 406 g/mol. The zero-order valence-electron chi connectivity index (χ0n) is 16.8. The number of nitrogens with zero attached hydrogens (tertiary/aromatic N) is 6. The van der Waals surface area contributed by atoms with Gasteiger partial charge in [-0.15, -0.1) is 0 Å². The van der Waals surface area contributed by atoms with E-state index >= 15 is 0 Å². The maximum atomic E-state index is 14.4. The Morgan fingerprint density at radius 3 is 2.80 bits per heavy atom. The predicted molar refractivity (Wildman–Crippen MR) is 107 cm³/mol. The van der Waals surface area contributed by atoms with Gasteiger partial charge < -0.3 is 9.09 Å². The average molecular weight is 406 g/mol. The van der Waals surface area contributed by atoms with Crippen LogP contribution in [0.5, 0.6) is 0 Å². The third-order valence-corrected chi connectivity index (χ3v) is 6.09. The van der Waals surface area contributed by atoms with Crippen LogP contribution in [-0.2, 0) is 5.41 Å². The zero-order valence-corrected chi connectivity index (χ0v) is 16.8. The summed E-state index contributed by atoms with van der Waals surface area (Å²) in [6.45, 7) is 5.84. The van der Waals surface area contributed by atoms with Gasteiger partial charge in [-0.25, -0.2) is 9.37 Å². The molecule has 4 aromatic rings. The highest BCUT2D eigenvalue weighted by Crippen LogP contribution is 2.47. The van der Waals surface area contributed by atoms with Gasteiger partial charge >= 0.3 is 0 Å². The van der Waals surface area contributed by atoms with E-state index in [1.807, 2.05) is 19.9 Å². The number of halogens is 1. The lowest BCUT2D eigenvalue weighted by molar-refractivity contribution is 0.353. The van der Waals surface area contributed by atoms with Crippen LogP contribution in [0.15, 0.2) is 27.8 Å². The number of fused-ring (bicyclic) bond motifs is 3. The summed E-state index contributed by atoms with van der Waals surface area (Å²) in [5, 5.41) is 13.6. The van der Waals surface area contributed by atoms with Gasteiger partial charge in [0.25, 0.3) is 5.56 Å². The summed E-state index contributed by atoms with van der Waals surface area (Å²) in [6, 6.07) is 4.43. The molecule has 3 heterocycles. The first-order chi connectivity index (χ1) is 14.4. The lowest BCUT2D eigenvalue weighted by atomic mass is 10.1. The molecule has 152 valence electrons. The molecule has 0 spiro atoms. The predicted octanol–water partition coefficient (Wildman–Crippen LogP) is 3.73. The number of nitriles is 1. The van der Waals surface area contributed by atoms with Gasteiger partial charge in [0.15, 0.2) is 0 Å². The molecule has 0 aliphatic heterocycles. The van der Waals surface area contributed by atoms with Gasteiger partial charge in [-0.3, -0.25) is 9.20 Å². The van der Waals surface area contributed by atoms with Crippen LogP contribution in [0.25, 0.3) is 28.1 Å². The van der Waals surface area contributed by atoms with Crippen molar-refractivity contribution >= 4 is 16.6 Å². The van der Waals surface area contributed by atoms with Gasteiger partial charge in [-0.2, -0.15) is 10.2 Å². The Morgan fingerprint density at radius 1 is 1.37 bits per heavy atom. The quantitative estimate of drug-likeness (QED) is 0.512. The Balaban J connectivity index is 1.88. The van der Waals surface area contributed by atoms with Gasteiger partial charge in [0.05, 0.1) is 11.0 Å². The second-order valence-electron chi connectivity index (χ2n) is 8.13. The van der Waals surface area contributed by atoms with Crippen molar-refractivity contribution in [1.29, 1.82) is 5.26 Å². The molecule has 1 atom stereocenters. The van der Waals surface area contributed by atoms with Gasteiger partial charge in [-0.05, 0) is 38.3 Å². The van der Waals surface area contributed by atoms with Crippen molar-refractivity contribution < 1.29 is 8.91 Å². The summed E-state index contributed by atoms with van der Waals surface area (Å²) in [5.41, 5.74) is 0.699. The molecular formula is C21H19FN6O2. The molecule has 1 aromatic carbocycles. The lowest BCUT2D eigenvalue weighted by Gasteiger charge is -2.18. The number of hydrogen-bond donors (Lipinski definition) is 0. The number of imidazole rings is 1. The largest absolute Gasteiger partial charge is 0.338 e. The molecule has 30 heavy (non-hydrogen) atoms. The van der Waals surface area contributed by atoms with E-state index in [0.29, 0.717) is 23.5 Å². The number of rotatable bonds is 4. The zero-order chi connectivity index (χ0) is 21.2. The van der Waals surface area contributed by atoms with E-state index in [0.717, 1.165) is 12.8 Å². The van der Waals surface area contributed by atoms with Crippen molar-refractivity contribution in [2.75, 3.05) is 0 Å². The molecule has 0 bridgehead atoms. The SMILES string of the molecule is CCC(C)n1c(=O)c2c(-c3noc(C4(C)CC4)n3)ncn2c2ccc(F)c(C#N)c21. The van der Waals surface area contributed by atoms with Crippen molar-refractivity contribution in [2.24, 2.45) is 0 Å². The van der Waals surface area contributed by atoms with Crippen LogP contribution in [0, 0.1) is 17.1 Å². The fraction of sp³-hybridized carbons (Fsp3) is 0.381. The molecule has 0 radical (unpaired) electrons. The van der Waals surface area contributed by atoms with E-state index in [1.54, 1.807) is 10.5 Å². The van der Waals surface area contributed by atoms with Gasteiger partial charge in [0, 0.05) is 11.5 Å². The molecule has 0 amide bonds. The Bertz CT molecular complexity index is 1420. The van der Waals surface area contributed by atoms with Crippen molar-refractivity contribution in [3.63, 3.8) is 0 Å². The molecule has 1 aliphatic rings. The minimum atomic E-state index is -0.665. The fourth-order valence-electron chi connectivity index (χ4n) is 3.78. The Hall–Kier alpha value is -3.54. The molecule has 1 saturated carbocycles. The van der Waals surface area contributed by atoms with Crippen LogP contribution >= 0.6 is 0 Å². The van der Waals surface area contributed by atoms with E-state index in [9.17, 15) is 14.4 Å². The molecular weight excluding hydrogens is 387 g/mol. The maximum absolute atomic E-state index is 14.4. The topological polar surface area (TPSA) is 102 Å². The van der Waals surface area contributed by atoms with E-state index < -0.39 is 5.82 Å². The van der Waals surface area contributed by atoms with Gasteiger partial charge in [0.1, 0.15) is 35.0 Å². The van der Waals surface area contributed by atoms with Crippen molar-refractivity contribution in [1.82, 2.24) is 24.1 Å². The van der Waals surface area contributed by atoms with E-state index in [1.165, 1.54) is 17.0 Å². The molecule has 1 aliphatic carbocycles. The molecule has 1 fully saturated rings. The van der Waals surface area contributed by atoms with Crippen LogP contribution in [0.2, 0.25) is 0 Å². The second kappa shape index (κ2) is 6.23. The van der Waals surface area contributed by atoms with Crippen LogP contribution < -0.4 is 5.56 Å². The normalized spacial score (nSPS) is 16.1. The highest BCUT2D eigenvalue weighted by Gasteiger charge is 2.44. The Labute approximate surface area is 170 Å². The summed E-state index contributed by atoms with van der Waals surface area (Å²) in [6.07, 6.45) is 4.06. The molecule has 9 heteroatoms. The van der Waals surface area contributed by atoms with Crippen LogP contribution in [0.3, 0.4) is 0 Å². The highest BCUT2D eigenvalue weighted by atomic mass is 19.1. The summed E-state index contributed by atoms with van der Waals surface area (Å²) < 4.78 is 22.9. The standard InChI is InChI=1S/C21H19FN6O2/c1-4-11(2)28-16-12(9-23)13(22)5-6-14(16)27-10-24-15(17(27)19(28)29)18-25-20(30-26-18)21(3)7-8-21/h5-6,10-11H,4,7-8H2,1-3H3. The Morgan fingerprint density at radius 2 is 2.13 bits per heavy atom. The second-order valence-corrected chi connectivity index (χ2v) is 8.13. The lowest BCUT2D eigenvalue weighted by Crippen LogP contribution is -2.26. The summed E-state index contributed by atoms with van der Waals surface area (Å²) >= 11 is 0. The van der Waals surface area contributed by atoms with E-state index in [4.69, 9.17) is 4.52 Å². The van der Waals surface area contributed by atoms with Crippen molar-refractivity contribution in [3.8, 4) is 17.6 Å². The number of hydrogen-bond acceptors (Lipinski definition) is 6. The summed E-state index contributed by atoms with van der Waals surface area (Å²) in [4.78, 5) is 22.4. The minimum absolute atomic E-state index is 0.108. The fourth-order valence-corrected chi connectivity index (χ4v) is 3.78. The molecule has 1 unspecified atom stereocenters. The molecule has 0 N–H and O–H groups in total. The van der Waals surface area contributed by atoms with Crippen LogP contribution in [-0.4, -0.2) is 24.1 Å². The van der Waals surface area contributed by atoms with Crippen molar-refractivity contribution in [2.45, 2.75) is 51.5 Å². The summed E-state index contributed by atoms with van der Waals surface area (Å²) in [5.74, 6) is 0.118. The molecule has 8 nitrogen and oxygen atoms in total. The van der Waals surface area contributed by atoms with Crippen LogP contribution in [0.4, 0.5) is 4.39 Å². The molecule has 3 aromatic heterocycles. The van der Waals surface area contributed by atoms with E-state index in [-0.39, 0.29) is 39.4 Å². The maximum Gasteiger partial charge on any atom is 0.278 e. The summed E-state index contributed by atoms with van der Waals surface area (Å²) in [7, 11) is 0. The smallest absolute Gasteiger partial charge is 0.278 e. The first-order valence-corrected chi connectivity index (χ1v) is 9.88. The van der Waals surface area contributed by atoms with Gasteiger partial charge in [-0.1, -0.05) is 19.0 Å². The minimum Gasteiger partial charge on any atom is -0.338 e. The average Bonchev–Trinajstić information content (AvgIpc) is 3.14. The number of aromatic nitrogens is 5. The molecule has 0 saturated heterocycles. The number of benzene rings is 1. The highest BCUT2D eigenvalue weighted by molar-refractivity contribution is 5.87. The third-order valence-electron chi connectivity index (χ3n) is 6.09. The molecule has 5 rings (SSSR count). The van der Waals surface area contributed by atoms with E-state index in [2.05, 4.69) is 22.0 Å². The first kappa shape index (κ1) is 18.5. The Kier molecular flexibility index (Phi) is 3.84. The third kappa shape index (κ3) is 2.43.